The lowest BCUT2D eigenvalue weighted by molar-refractivity contribution is 0.159. The second-order valence-corrected chi connectivity index (χ2v) is 7.00. The van der Waals surface area contributed by atoms with Crippen molar-refractivity contribution in [2.24, 2.45) is 0 Å². The average Bonchev–Trinajstić information content (AvgIpc) is 2.85. The molecule has 2 aromatic rings. The molecular weight excluding hydrogens is 443 g/mol. The average molecular weight is 481 g/mol. The number of fused-ring (bicyclic) bond motifs is 1. The first kappa shape index (κ1) is 30.4. The van der Waals surface area contributed by atoms with Crippen LogP contribution in [0.3, 0.4) is 0 Å². The number of unbranched alkanes of at least 4 members (excludes halogenated alkanes) is 1. The number of alkyl halides is 1. The van der Waals surface area contributed by atoms with Crippen molar-refractivity contribution in [3.63, 3.8) is 0 Å². The van der Waals surface area contributed by atoms with Crippen LogP contribution in [-0.2, 0) is 6.54 Å². The summed E-state index contributed by atoms with van der Waals surface area (Å²) in [5.74, 6) is 0. The molecule has 1 aromatic carbocycles. The molecule has 1 fully saturated rings. The van der Waals surface area contributed by atoms with Crippen LogP contribution >= 0.6 is 12.4 Å². The standard InChI is InChI=1S/C22H28N4O2.C2H6.CH3F.ClH/c1-3-9-18(4-2)25-16-14-24(15-17-25)12-7-8-13-26-21(27)19-10-5-6-11-20(19)23-22(26)28;2*1-2;/h3-6,9-11H,1-2,7-8,12-17H2,(H,23,28);1-2H3;1H3;1H/b18-9+;;;. The van der Waals surface area contributed by atoms with Crippen LogP contribution in [0.1, 0.15) is 26.7 Å². The van der Waals surface area contributed by atoms with Crippen molar-refractivity contribution in [1.29, 1.82) is 0 Å². The van der Waals surface area contributed by atoms with Crippen LogP contribution in [0.5, 0.6) is 0 Å². The lowest BCUT2D eigenvalue weighted by Crippen LogP contribution is -2.45. The number of aromatic amines is 1. The molecule has 0 radical (unpaired) electrons. The number of benzene rings is 1. The maximum Gasteiger partial charge on any atom is 0.328 e. The fourth-order valence-electron chi connectivity index (χ4n) is 3.66. The van der Waals surface area contributed by atoms with Crippen molar-refractivity contribution >= 4 is 23.3 Å². The van der Waals surface area contributed by atoms with Gasteiger partial charge in [0.15, 0.2) is 0 Å². The number of allylic oxidation sites excluding steroid dienone is 3. The number of H-pyrrole nitrogens is 1. The molecule has 6 nitrogen and oxygen atoms in total. The highest BCUT2D eigenvalue weighted by Gasteiger charge is 2.17. The Hall–Kier alpha value is -2.64. The Kier molecular flexibility index (Phi) is 15.6. The summed E-state index contributed by atoms with van der Waals surface area (Å²) in [6, 6.07) is 7.13. The summed E-state index contributed by atoms with van der Waals surface area (Å²) in [7, 11) is 0.500. The molecule has 0 bridgehead atoms. The highest BCUT2D eigenvalue weighted by Crippen LogP contribution is 2.11. The normalized spacial score (nSPS) is 13.7. The SMILES string of the molecule is C=C/C=C(\C=C)N1CCN(CCCCn2c(=O)[nH]c3ccccc3c2=O)CC1.CC.CF.Cl. The van der Waals surface area contributed by atoms with Crippen molar-refractivity contribution in [1.82, 2.24) is 19.4 Å². The molecule has 8 heteroatoms. The van der Waals surface area contributed by atoms with Gasteiger partial charge in [0, 0.05) is 38.4 Å². The number of para-hydroxylation sites is 1. The van der Waals surface area contributed by atoms with E-state index >= 15 is 0 Å². The molecule has 1 aromatic heterocycles. The van der Waals surface area contributed by atoms with Crippen molar-refractivity contribution in [2.75, 3.05) is 39.9 Å². The van der Waals surface area contributed by atoms with Crippen molar-refractivity contribution in [2.45, 2.75) is 33.2 Å². The largest absolute Gasteiger partial charge is 0.369 e. The molecule has 33 heavy (non-hydrogen) atoms. The first-order chi connectivity index (χ1) is 15.6. The predicted molar refractivity (Wildman–Crippen MR) is 140 cm³/mol. The van der Waals surface area contributed by atoms with Crippen molar-refractivity contribution < 1.29 is 4.39 Å². The van der Waals surface area contributed by atoms with E-state index < -0.39 is 0 Å². The third-order valence-corrected chi connectivity index (χ3v) is 5.23. The van der Waals surface area contributed by atoms with E-state index in [0.717, 1.165) is 51.3 Å². The Morgan fingerprint density at radius 3 is 2.24 bits per heavy atom. The zero-order valence-corrected chi connectivity index (χ0v) is 20.9. The number of nitrogens with one attached hydrogen (secondary N) is 1. The van der Waals surface area contributed by atoms with Crippen LogP contribution in [0.2, 0.25) is 0 Å². The maximum atomic E-state index is 12.5. The van der Waals surface area contributed by atoms with Gasteiger partial charge in [0.25, 0.3) is 5.56 Å². The van der Waals surface area contributed by atoms with Crippen LogP contribution in [-0.4, -0.2) is 59.3 Å². The molecule has 1 saturated heterocycles. The summed E-state index contributed by atoms with van der Waals surface area (Å²) in [6.45, 7) is 17.0. The highest BCUT2D eigenvalue weighted by molar-refractivity contribution is 5.85. The van der Waals surface area contributed by atoms with E-state index in [1.54, 1.807) is 18.2 Å². The number of piperazine rings is 1. The van der Waals surface area contributed by atoms with Gasteiger partial charge in [-0.05, 0) is 43.7 Å². The fraction of sp³-hybridized carbons (Fsp3) is 0.440. The summed E-state index contributed by atoms with van der Waals surface area (Å²) in [6.07, 6.45) is 7.41. The summed E-state index contributed by atoms with van der Waals surface area (Å²) in [5, 5.41) is 0.559. The molecule has 0 atom stereocenters. The second kappa shape index (κ2) is 16.9. The third-order valence-electron chi connectivity index (χ3n) is 5.23. The van der Waals surface area contributed by atoms with E-state index in [1.807, 2.05) is 38.1 Å². The Balaban J connectivity index is 0.00000194. The molecule has 0 unspecified atom stereocenters. The van der Waals surface area contributed by atoms with E-state index in [-0.39, 0.29) is 23.7 Å². The number of hydrogen-bond donors (Lipinski definition) is 1. The minimum Gasteiger partial charge on any atom is -0.369 e. The van der Waals surface area contributed by atoms with Crippen LogP contribution in [0.15, 0.2) is 70.9 Å². The fourth-order valence-corrected chi connectivity index (χ4v) is 3.66. The maximum absolute atomic E-state index is 12.5. The first-order valence-electron chi connectivity index (χ1n) is 11.2. The van der Waals surface area contributed by atoms with E-state index in [0.29, 0.717) is 24.6 Å². The Morgan fingerprint density at radius 2 is 1.64 bits per heavy atom. The molecular formula is C25H38ClFN4O2. The second-order valence-electron chi connectivity index (χ2n) is 7.00. The number of halogens is 2. The molecule has 0 amide bonds. The topological polar surface area (TPSA) is 61.3 Å². The minimum atomic E-state index is -0.330. The summed E-state index contributed by atoms with van der Waals surface area (Å²) >= 11 is 0. The summed E-state index contributed by atoms with van der Waals surface area (Å²) in [4.78, 5) is 32.3. The summed E-state index contributed by atoms with van der Waals surface area (Å²) < 4.78 is 10.8. The number of hydrogen-bond acceptors (Lipinski definition) is 4. The van der Waals surface area contributed by atoms with Gasteiger partial charge in [-0.15, -0.1) is 12.4 Å². The van der Waals surface area contributed by atoms with Gasteiger partial charge >= 0.3 is 5.69 Å². The Morgan fingerprint density at radius 1 is 1.03 bits per heavy atom. The van der Waals surface area contributed by atoms with Crippen molar-refractivity contribution in [3.05, 3.63) is 82.2 Å². The molecule has 0 aliphatic carbocycles. The molecule has 1 aliphatic heterocycles. The lowest BCUT2D eigenvalue weighted by Gasteiger charge is -2.36. The molecule has 0 spiro atoms. The van der Waals surface area contributed by atoms with E-state index in [4.69, 9.17) is 0 Å². The van der Waals surface area contributed by atoms with Gasteiger partial charge in [-0.1, -0.05) is 45.2 Å². The highest BCUT2D eigenvalue weighted by atomic mass is 35.5. The minimum absolute atomic E-state index is 0. The van der Waals surface area contributed by atoms with E-state index in [1.165, 1.54) is 4.57 Å². The lowest BCUT2D eigenvalue weighted by atomic mass is 10.2. The molecule has 0 saturated carbocycles. The monoisotopic (exact) mass is 480 g/mol. The van der Waals surface area contributed by atoms with E-state index in [9.17, 15) is 14.0 Å². The van der Waals surface area contributed by atoms with Crippen LogP contribution < -0.4 is 11.2 Å². The van der Waals surface area contributed by atoms with Gasteiger partial charge in [0.1, 0.15) is 0 Å². The first-order valence-corrected chi connectivity index (χ1v) is 11.2. The quantitative estimate of drug-likeness (QED) is 0.450. The van der Waals surface area contributed by atoms with Crippen LogP contribution in [0, 0.1) is 0 Å². The van der Waals surface area contributed by atoms with Gasteiger partial charge < -0.3 is 9.88 Å². The summed E-state index contributed by atoms with van der Waals surface area (Å²) in [5.41, 5.74) is 1.17. The van der Waals surface area contributed by atoms with Gasteiger partial charge in [-0.3, -0.25) is 18.7 Å². The van der Waals surface area contributed by atoms with Gasteiger partial charge in [0.05, 0.1) is 18.1 Å². The molecule has 2 heterocycles. The van der Waals surface area contributed by atoms with Gasteiger partial charge in [0.2, 0.25) is 0 Å². The molecule has 3 rings (SSSR count). The van der Waals surface area contributed by atoms with Crippen molar-refractivity contribution in [3.8, 4) is 0 Å². The molecule has 184 valence electrons. The zero-order valence-electron chi connectivity index (χ0n) is 20.1. The third kappa shape index (κ3) is 8.67. The van der Waals surface area contributed by atoms with Gasteiger partial charge in [-0.25, -0.2) is 4.79 Å². The van der Waals surface area contributed by atoms with Crippen LogP contribution in [0.4, 0.5) is 4.39 Å². The molecule has 1 N–H and O–H groups in total. The smallest absolute Gasteiger partial charge is 0.328 e. The zero-order chi connectivity index (χ0) is 23.9. The van der Waals surface area contributed by atoms with E-state index in [2.05, 4.69) is 27.9 Å². The number of rotatable bonds is 8. The Bertz CT molecular complexity index is 992. The molecule has 1 aliphatic rings. The Labute approximate surface area is 202 Å². The number of aromatic nitrogens is 2. The number of nitrogens with zero attached hydrogens (tertiary/aromatic N) is 3. The van der Waals surface area contributed by atoms with Gasteiger partial charge in [-0.2, -0.15) is 0 Å². The van der Waals surface area contributed by atoms with Crippen LogP contribution in [0.25, 0.3) is 10.9 Å². The predicted octanol–water partition coefficient (Wildman–Crippen LogP) is 4.38.